The van der Waals surface area contributed by atoms with Crippen molar-refractivity contribution in [3.8, 4) is 0 Å². The van der Waals surface area contributed by atoms with E-state index in [0.29, 0.717) is 6.54 Å². The van der Waals surface area contributed by atoms with Gasteiger partial charge in [-0.3, -0.25) is 4.79 Å². The van der Waals surface area contributed by atoms with Crippen molar-refractivity contribution in [1.82, 2.24) is 19.9 Å². The molecule has 1 aliphatic rings. The summed E-state index contributed by atoms with van der Waals surface area (Å²) in [5.74, 6) is 0.149. The molecule has 1 aliphatic heterocycles. The number of rotatable bonds is 2. The highest BCUT2D eigenvalue weighted by atomic mass is 16.2. The highest BCUT2D eigenvalue weighted by Crippen LogP contribution is 2.08. The van der Waals surface area contributed by atoms with Crippen LogP contribution in [0.2, 0.25) is 0 Å². The Hall–Kier alpha value is -1.39. The lowest BCUT2D eigenvalue weighted by molar-refractivity contribution is -0.131. The molecule has 14 heavy (non-hydrogen) atoms. The molecule has 1 aromatic heterocycles. The van der Waals surface area contributed by atoms with E-state index in [0.717, 1.165) is 31.6 Å². The molecule has 0 unspecified atom stereocenters. The Morgan fingerprint density at radius 1 is 1.50 bits per heavy atom. The van der Waals surface area contributed by atoms with Gasteiger partial charge < -0.3 is 4.90 Å². The lowest BCUT2D eigenvalue weighted by atomic mass is 10.4. The molecule has 2 heterocycles. The number of aryl methyl sites for hydroxylation is 1. The SMILES string of the molecule is Cc1cnnn1CC(=O)N1CCCC1. The zero-order valence-electron chi connectivity index (χ0n) is 8.31. The molecule has 2 rings (SSSR count). The van der Waals surface area contributed by atoms with Gasteiger partial charge in [0.1, 0.15) is 6.54 Å². The maximum Gasteiger partial charge on any atom is 0.244 e. The maximum absolute atomic E-state index is 11.7. The number of aromatic nitrogens is 3. The monoisotopic (exact) mass is 194 g/mol. The molecule has 1 aromatic rings. The van der Waals surface area contributed by atoms with E-state index in [2.05, 4.69) is 10.3 Å². The summed E-state index contributed by atoms with van der Waals surface area (Å²) in [5, 5.41) is 7.59. The van der Waals surface area contributed by atoms with Gasteiger partial charge in [0, 0.05) is 13.1 Å². The number of hydrogen-bond acceptors (Lipinski definition) is 3. The average Bonchev–Trinajstić information content (AvgIpc) is 2.77. The van der Waals surface area contributed by atoms with Gasteiger partial charge in [0.15, 0.2) is 0 Å². The number of nitrogens with zero attached hydrogens (tertiary/aromatic N) is 4. The average molecular weight is 194 g/mol. The largest absolute Gasteiger partial charge is 0.341 e. The predicted molar refractivity (Wildman–Crippen MR) is 50.6 cm³/mol. The first-order valence-electron chi connectivity index (χ1n) is 4.90. The van der Waals surface area contributed by atoms with Crippen LogP contribution < -0.4 is 0 Å². The summed E-state index contributed by atoms with van der Waals surface area (Å²) in [6, 6.07) is 0. The number of hydrogen-bond donors (Lipinski definition) is 0. The Kier molecular flexibility index (Phi) is 2.47. The van der Waals surface area contributed by atoms with Crippen molar-refractivity contribution < 1.29 is 4.79 Å². The second kappa shape index (κ2) is 3.77. The molecule has 0 bridgehead atoms. The highest BCUT2D eigenvalue weighted by Gasteiger charge is 2.18. The summed E-state index contributed by atoms with van der Waals surface area (Å²) >= 11 is 0. The van der Waals surface area contributed by atoms with Crippen LogP contribution in [0.15, 0.2) is 6.20 Å². The zero-order valence-corrected chi connectivity index (χ0v) is 8.31. The molecule has 0 aliphatic carbocycles. The first-order valence-corrected chi connectivity index (χ1v) is 4.90. The number of likely N-dealkylation sites (tertiary alicyclic amines) is 1. The summed E-state index contributed by atoms with van der Waals surface area (Å²) in [4.78, 5) is 13.6. The molecule has 1 amide bonds. The molecule has 5 heteroatoms. The van der Waals surface area contributed by atoms with Crippen LogP contribution in [0.5, 0.6) is 0 Å². The normalized spacial score (nSPS) is 16.2. The van der Waals surface area contributed by atoms with E-state index >= 15 is 0 Å². The Balaban J connectivity index is 1.97. The van der Waals surface area contributed by atoms with E-state index in [1.54, 1.807) is 10.9 Å². The van der Waals surface area contributed by atoms with Crippen LogP contribution >= 0.6 is 0 Å². The summed E-state index contributed by atoms with van der Waals surface area (Å²) in [6.45, 7) is 4.02. The van der Waals surface area contributed by atoms with E-state index in [9.17, 15) is 4.79 Å². The van der Waals surface area contributed by atoms with Gasteiger partial charge in [0.2, 0.25) is 5.91 Å². The number of carbonyl (C=O) groups excluding carboxylic acids is 1. The van der Waals surface area contributed by atoms with E-state index in [1.165, 1.54) is 0 Å². The fourth-order valence-corrected chi connectivity index (χ4v) is 1.66. The molecule has 0 N–H and O–H groups in total. The van der Waals surface area contributed by atoms with Crippen LogP contribution in [0.1, 0.15) is 18.5 Å². The Labute approximate surface area is 82.7 Å². The van der Waals surface area contributed by atoms with Crippen molar-refractivity contribution >= 4 is 5.91 Å². The lowest BCUT2D eigenvalue weighted by Gasteiger charge is -2.14. The second-order valence-corrected chi connectivity index (χ2v) is 3.62. The maximum atomic E-state index is 11.7. The van der Waals surface area contributed by atoms with Gasteiger partial charge >= 0.3 is 0 Å². The van der Waals surface area contributed by atoms with Gasteiger partial charge in [0.25, 0.3) is 0 Å². The van der Waals surface area contributed by atoms with Gasteiger partial charge in [0.05, 0.1) is 11.9 Å². The van der Waals surface area contributed by atoms with E-state index < -0.39 is 0 Å². The van der Waals surface area contributed by atoms with Crippen molar-refractivity contribution in [3.63, 3.8) is 0 Å². The van der Waals surface area contributed by atoms with Crippen molar-refractivity contribution in [2.45, 2.75) is 26.3 Å². The third-order valence-corrected chi connectivity index (χ3v) is 2.56. The molecule has 0 aromatic carbocycles. The van der Waals surface area contributed by atoms with Crippen molar-refractivity contribution in [2.75, 3.05) is 13.1 Å². The van der Waals surface area contributed by atoms with Crippen molar-refractivity contribution in [3.05, 3.63) is 11.9 Å². The van der Waals surface area contributed by atoms with Gasteiger partial charge in [-0.25, -0.2) is 4.68 Å². The van der Waals surface area contributed by atoms with E-state index in [4.69, 9.17) is 0 Å². The van der Waals surface area contributed by atoms with E-state index in [1.807, 2.05) is 11.8 Å². The van der Waals surface area contributed by atoms with Crippen LogP contribution in [-0.4, -0.2) is 38.9 Å². The molecule has 76 valence electrons. The summed E-state index contributed by atoms with van der Waals surface area (Å²) < 4.78 is 1.64. The third-order valence-electron chi connectivity index (χ3n) is 2.56. The molecule has 0 saturated carbocycles. The number of amides is 1. The number of carbonyl (C=O) groups is 1. The molecule has 0 spiro atoms. The van der Waals surface area contributed by atoms with Gasteiger partial charge in [-0.2, -0.15) is 0 Å². The first-order chi connectivity index (χ1) is 6.77. The summed E-state index contributed by atoms with van der Waals surface area (Å²) in [7, 11) is 0. The lowest BCUT2D eigenvalue weighted by Crippen LogP contribution is -2.31. The van der Waals surface area contributed by atoms with Gasteiger partial charge in [-0.1, -0.05) is 5.21 Å². The first kappa shape index (κ1) is 9.18. The van der Waals surface area contributed by atoms with Crippen LogP contribution in [-0.2, 0) is 11.3 Å². The Morgan fingerprint density at radius 3 is 2.79 bits per heavy atom. The quantitative estimate of drug-likeness (QED) is 0.676. The van der Waals surface area contributed by atoms with Crippen molar-refractivity contribution in [1.29, 1.82) is 0 Å². The summed E-state index contributed by atoms with van der Waals surface area (Å²) in [6.07, 6.45) is 3.92. The molecular formula is C9H14N4O. The van der Waals surface area contributed by atoms with Crippen LogP contribution in [0.3, 0.4) is 0 Å². The molecule has 0 radical (unpaired) electrons. The van der Waals surface area contributed by atoms with Crippen LogP contribution in [0.4, 0.5) is 0 Å². The smallest absolute Gasteiger partial charge is 0.244 e. The zero-order chi connectivity index (χ0) is 9.97. The van der Waals surface area contributed by atoms with Crippen LogP contribution in [0, 0.1) is 6.92 Å². The summed E-state index contributed by atoms with van der Waals surface area (Å²) in [5.41, 5.74) is 0.928. The predicted octanol–water partition coefficient (Wildman–Crippen LogP) is 0.209. The second-order valence-electron chi connectivity index (χ2n) is 3.62. The van der Waals surface area contributed by atoms with Crippen LogP contribution in [0.25, 0.3) is 0 Å². The Bertz CT molecular complexity index is 327. The highest BCUT2D eigenvalue weighted by molar-refractivity contribution is 5.76. The van der Waals surface area contributed by atoms with Gasteiger partial charge in [-0.05, 0) is 19.8 Å². The fraction of sp³-hybridized carbons (Fsp3) is 0.667. The van der Waals surface area contributed by atoms with Crippen molar-refractivity contribution in [2.24, 2.45) is 0 Å². The van der Waals surface area contributed by atoms with Gasteiger partial charge in [-0.15, -0.1) is 5.10 Å². The van der Waals surface area contributed by atoms with E-state index in [-0.39, 0.29) is 5.91 Å². The molecule has 1 fully saturated rings. The third kappa shape index (κ3) is 1.76. The molecular weight excluding hydrogens is 180 g/mol. The molecule has 1 saturated heterocycles. The fourth-order valence-electron chi connectivity index (χ4n) is 1.66. The minimum atomic E-state index is 0.149. The standard InChI is InChI=1S/C9H14N4O/c1-8-6-10-11-13(8)7-9(14)12-4-2-3-5-12/h6H,2-5,7H2,1H3. The molecule has 0 atom stereocenters. The topological polar surface area (TPSA) is 51.0 Å². The molecule has 5 nitrogen and oxygen atoms in total. The Morgan fingerprint density at radius 2 is 2.21 bits per heavy atom. The minimum absolute atomic E-state index is 0.149. The minimum Gasteiger partial charge on any atom is -0.341 e.